The Balaban J connectivity index is -0.000000138. The van der Waals surface area contributed by atoms with E-state index in [1.54, 1.807) is 0 Å². The van der Waals surface area contributed by atoms with E-state index in [4.69, 9.17) is 33.8 Å². The Bertz CT molecular complexity index is 276. The molecule has 1 aliphatic rings. The first-order valence-corrected chi connectivity index (χ1v) is 8.52. The molecule has 0 aromatic rings. The van der Waals surface area contributed by atoms with Gasteiger partial charge >= 0.3 is 75.6 Å². The molecule has 0 saturated heterocycles. The second-order valence-corrected chi connectivity index (χ2v) is 6.53. The van der Waals surface area contributed by atoms with E-state index in [9.17, 15) is 0 Å². The first-order valence-electron chi connectivity index (χ1n) is 6.19. The summed E-state index contributed by atoms with van der Waals surface area (Å²) in [4.78, 5) is 28.5. The molecule has 22 heavy (non-hydrogen) atoms. The molecule has 1 saturated carbocycles. The van der Waals surface area contributed by atoms with Crippen LogP contribution in [0.2, 0.25) is 0 Å². The fraction of sp³-hybridized carbons (Fsp3) is 0.909. The molecule has 1 aliphatic carbocycles. The Hall–Kier alpha value is 2.00. The van der Waals surface area contributed by atoms with Gasteiger partial charge in [-0.1, -0.05) is 39.5 Å². The predicted molar refractivity (Wildman–Crippen MR) is 75.2 cm³/mol. The third kappa shape index (κ3) is 24.3. The summed E-state index contributed by atoms with van der Waals surface area (Å²) in [6, 6.07) is 0. The van der Waals surface area contributed by atoms with Crippen molar-refractivity contribution in [3.05, 3.63) is 6.61 Å². The smallest absolute Gasteiger partial charge is 0.566 e. The molecule has 0 aromatic carbocycles. The third-order valence-electron chi connectivity index (χ3n) is 3.36. The van der Waals surface area contributed by atoms with E-state index in [0.717, 1.165) is 5.92 Å². The molecule has 0 heterocycles. The summed E-state index contributed by atoms with van der Waals surface area (Å²) in [5.74, 6) is 1.11. The average Bonchev–Trinajstić information content (AvgIpc) is 2.26. The van der Waals surface area contributed by atoms with Crippen LogP contribution in [0.4, 0.5) is 0 Å². The van der Waals surface area contributed by atoms with E-state index in [0.29, 0.717) is 11.3 Å². The zero-order valence-electron chi connectivity index (χ0n) is 14.0. The first-order chi connectivity index (χ1) is 9.01. The number of rotatable bonds is 2. The molecule has 0 aromatic heterocycles. The van der Waals surface area contributed by atoms with E-state index < -0.39 is 16.5 Å². The number of aliphatic hydroxyl groups excluding tert-OH is 1. The number of hydrogen-bond acceptors (Lipinski definition) is 3. The van der Waals surface area contributed by atoms with Gasteiger partial charge < -0.3 is 5.11 Å². The fourth-order valence-corrected chi connectivity index (χ4v) is 2.07. The van der Waals surface area contributed by atoms with Gasteiger partial charge in [0.05, 0.1) is 0 Å². The molecule has 0 radical (unpaired) electrons. The molecule has 1 unspecified atom stereocenters. The zero-order valence-corrected chi connectivity index (χ0v) is 19.8. The van der Waals surface area contributed by atoms with Crippen molar-refractivity contribution in [1.82, 2.24) is 0 Å². The molecule has 0 bridgehead atoms. The molecule has 1 atom stereocenters. The summed E-state index contributed by atoms with van der Waals surface area (Å²) >= 11 is 0. The van der Waals surface area contributed by atoms with Gasteiger partial charge in [-0.25, -0.2) is 6.61 Å². The normalized spacial score (nSPS) is 17.1. The topological polar surface area (TPSA) is 135 Å². The van der Waals surface area contributed by atoms with Crippen molar-refractivity contribution in [1.29, 1.82) is 0 Å². The monoisotopic (exact) mass is 377 g/mol. The van der Waals surface area contributed by atoms with Crippen molar-refractivity contribution >= 4 is 16.5 Å². The second-order valence-electron chi connectivity index (χ2n) is 5.52. The Kier molecular flexibility index (Phi) is 25.7. The van der Waals surface area contributed by atoms with Crippen molar-refractivity contribution in [2.24, 2.45) is 17.3 Å². The van der Waals surface area contributed by atoms with Crippen LogP contribution >= 0.6 is 16.5 Å². The van der Waals surface area contributed by atoms with Crippen molar-refractivity contribution in [2.75, 3.05) is 0 Å². The maximum atomic E-state index is 8.89. The summed E-state index contributed by atoms with van der Waals surface area (Å²) in [7, 11) is -5.74. The van der Waals surface area contributed by atoms with Gasteiger partial charge in [0, 0.05) is 9.13 Å². The predicted octanol–water partition coefficient (Wildman–Crippen LogP) is -3.36. The fourth-order valence-electron chi connectivity index (χ4n) is 2.07. The van der Waals surface area contributed by atoms with E-state index in [-0.39, 0.29) is 59.1 Å². The minimum atomic E-state index is -2.87. The standard InChI is InChI=1S/C11H21O.2Na.2HO3P/c1-9(8-12)10-4-6-11(2,3)7-5-10;;;2*1-4(2)3/h8-10,12H,4-7H2,1-3H3;;;2*(H-,1,2,3)/q-1;2*+1;;/p+2. The van der Waals surface area contributed by atoms with E-state index in [1.165, 1.54) is 32.3 Å². The van der Waals surface area contributed by atoms with Crippen molar-refractivity contribution in [2.45, 2.75) is 46.5 Å². The van der Waals surface area contributed by atoms with Crippen LogP contribution in [0.1, 0.15) is 46.5 Å². The number of aliphatic hydroxyl groups is 1. The van der Waals surface area contributed by atoms with Crippen LogP contribution in [0.25, 0.3) is 0 Å². The van der Waals surface area contributed by atoms with Crippen LogP contribution in [-0.4, -0.2) is 24.7 Å². The average molecular weight is 377 g/mol. The summed E-state index contributed by atoms with van der Waals surface area (Å²) in [5.41, 5.74) is 0.547. The van der Waals surface area contributed by atoms with Crippen molar-refractivity contribution < 1.29 is 92.9 Å². The van der Waals surface area contributed by atoms with Gasteiger partial charge in [-0.3, -0.25) is 0 Å². The van der Waals surface area contributed by atoms with Crippen LogP contribution < -0.4 is 59.1 Å². The third-order valence-corrected chi connectivity index (χ3v) is 3.36. The summed E-state index contributed by atoms with van der Waals surface area (Å²) in [6.07, 6.45) is 5.20. The Morgan fingerprint density at radius 1 is 1.00 bits per heavy atom. The van der Waals surface area contributed by atoms with Crippen LogP contribution in [0.5, 0.6) is 0 Å². The molecule has 0 aliphatic heterocycles. The van der Waals surface area contributed by atoms with Gasteiger partial charge in [0.15, 0.2) is 0 Å². The van der Waals surface area contributed by atoms with E-state index >= 15 is 0 Å². The van der Waals surface area contributed by atoms with Crippen LogP contribution in [-0.2, 0) is 9.13 Å². The molecule has 1 rings (SSSR count). The summed E-state index contributed by atoms with van der Waals surface area (Å²) in [5, 5.41) is 8.89. The molecule has 5 N–H and O–H groups in total. The summed E-state index contributed by atoms with van der Waals surface area (Å²) < 4.78 is 17.4. The maximum absolute atomic E-state index is 8.89. The Morgan fingerprint density at radius 3 is 1.50 bits per heavy atom. The molecule has 1 fully saturated rings. The van der Waals surface area contributed by atoms with E-state index in [1.807, 2.05) is 0 Å². The quantitative estimate of drug-likeness (QED) is 0.193. The Morgan fingerprint density at radius 2 is 1.27 bits per heavy atom. The Labute approximate surface area is 178 Å². The molecule has 7 nitrogen and oxygen atoms in total. The van der Waals surface area contributed by atoms with Crippen LogP contribution in [0.3, 0.4) is 0 Å². The van der Waals surface area contributed by atoms with Gasteiger partial charge in [-0.2, -0.15) is 0 Å². The van der Waals surface area contributed by atoms with Gasteiger partial charge in [0.2, 0.25) is 0 Å². The largest absolute Gasteiger partial charge is 1.00 e. The first kappa shape index (κ1) is 31.7. The molecular weight excluding hydrogens is 352 g/mol. The minimum Gasteiger partial charge on any atom is -0.566 e. The molecule has 0 spiro atoms. The molecule has 0 amide bonds. The van der Waals surface area contributed by atoms with Gasteiger partial charge in [-0.15, -0.1) is 25.5 Å². The molecular formula is C11H25Na2O7P2+3. The van der Waals surface area contributed by atoms with Gasteiger partial charge in [0.25, 0.3) is 0 Å². The van der Waals surface area contributed by atoms with Gasteiger partial charge in [0.1, 0.15) is 0 Å². The van der Waals surface area contributed by atoms with E-state index in [2.05, 4.69) is 20.8 Å². The molecule has 120 valence electrons. The zero-order chi connectivity index (χ0) is 16.3. The van der Waals surface area contributed by atoms with Crippen molar-refractivity contribution in [3.8, 4) is 0 Å². The van der Waals surface area contributed by atoms with Gasteiger partial charge in [-0.05, 0) is 18.3 Å². The SMILES string of the molecule is CC([CH-]O)C1CCC(C)(C)CC1.O=[P+](O)O.O=[P+](O)O.[Na+].[Na+]. The summed E-state index contributed by atoms with van der Waals surface area (Å²) in [6.45, 7) is 8.17. The minimum absolute atomic E-state index is 0. The molecule has 11 heteroatoms. The number of hydrogen-bond donors (Lipinski definition) is 5. The van der Waals surface area contributed by atoms with Crippen LogP contribution in [0.15, 0.2) is 0 Å². The van der Waals surface area contributed by atoms with Crippen molar-refractivity contribution in [3.63, 3.8) is 0 Å². The maximum Gasteiger partial charge on any atom is 1.00 e. The van der Waals surface area contributed by atoms with Crippen LogP contribution in [0, 0.1) is 23.9 Å². The second kappa shape index (κ2) is 17.8.